The maximum atomic E-state index is 12.3. The van der Waals surface area contributed by atoms with Gasteiger partial charge in [-0.2, -0.15) is 0 Å². The van der Waals surface area contributed by atoms with Crippen LogP contribution in [0.15, 0.2) is 12.4 Å². The van der Waals surface area contributed by atoms with Crippen molar-refractivity contribution >= 4 is 21.6 Å². The largest absolute Gasteiger partial charge is 0.366 e. The van der Waals surface area contributed by atoms with Crippen molar-refractivity contribution in [3.05, 3.63) is 18.1 Å². The normalized spacial score (nSPS) is 21.3. The molecule has 0 radical (unpaired) electrons. The highest BCUT2D eigenvalue weighted by molar-refractivity contribution is 7.91. The molecule has 22 heavy (non-hydrogen) atoms. The summed E-state index contributed by atoms with van der Waals surface area (Å²) in [6.07, 6.45) is 4.39. The van der Waals surface area contributed by atoms with E-state index in [9.17, 15) is 13.2 Å². The topological polar surface area (TPSA) is 92.3 Å². The second kappa shape index (κ2) is 6.60. The van der Waals surface area contributed by atoms with Crippen molar-refractivity contribution in [3.63, 3.8) is 0 Å². The molecule has 1 saturated heterocycles. The van der Waals surface area contributed by atoms with E-state index in [4.69, 9.17) is 0 Å². The first-order chi connectivity index (χ1) is 10.3. The highest BCUT2D eigenvalue weighted by atomic mass is 32.2. The monoisotopic (exact) mass is 326 g/mol. The van der Waals surface area contributed by atoms with E-state index in [-0.39, 0.29) is 35.2 Å². The highest BCUT2D eigenvalue weighted by Gasteiger charge is 2.33. The molecule has 7 nitrogen and oxygen atoms in total. The van der Waals surface area contributed by atoms with Gasteiger partial charge in [0.05, 0.1) is 23.9 Å². The van der Waals surface area contributed by atoms with Crippen molar-refractivity contribution in [1.29, 1.82) is 0 Å². The minimum atomic E-state index is -3.02. The summed E-state index contributed by atoms with van der Waals surface area (Å²) in [7, 11) is -1.41. The van der Waals surface area contributed by atoms with Gasteiger partial charge in [-0.05, 0) is 19.8 Å². The molecule has 0 saturated carbocycles. The van der Waals surface area contributed by atoms with Crippen molar-refractivity contribution in [3.8, 4) is 0 Å². The summed E-state index contributed by atoms with van der Waals surface area (Å²) >= 11 is 0. The van der Waals surface area contributed by atoms with Crippen LogP contribution in [-0.2, 0) is 9.84 Å². The van der Waals surface area contributed by atoms with Gasteiger partial charge in [-0.1, -0.05) is 6.92 Å². The van der Waals surface area contributed by atoms with Crippen LogP contribution in [0.5, 0.6) is 0 Å². The molecular formula is C14H22N4O3S. The average Bonchev–Trinajstić information content (AvgIpc) is 2.86. The predicted octanol–water partition coefficient (Wildman–Crippen LogP) is 0.946. The fourth-order valence-electron chi connectivity index (χ4n) is 2.29. The Labute approximate surface area is 131 Å². The number of sulfone groups is 1. The van der Waals surface area contributed by atoms with Crippen LogP contribution < -0.4 is 5.32 Å². The smallest absolute Gasteiger partial charge is 0.274 e. The average molecular weight is 326 g/mol. The molecule has 1 N–H and O–H groups in total. The minimum absolute atomic E-state index is 0.0241. The standard InChI is InChI=1S/C14H22N4O3S/c1-4-10(2)17-13-8-15-12(7-16-13)14(19)18(3)11-5-6-22(20,21)9-11/h7-8,10-11H,4-6,9H2,1-3H3,(H,16,17). The number of carbonyl (C=O) groups is 1. The van der Waals surface area contributed by atoms with Crippen molar-refractivity contribution in [2.45, 2.75) is 38.8 Å². The highest BCUT2D eigenvalue weighted by Crippen LogP contribution is 2.18. The van der Waals surface area contributed by atoms with Crippen LogP contribution in [0, 0.1) is 0 Å². The summed E-state index contributed by atoms with van der Waals surface area (Å²) in [6.45, 7) is 4.10. The first kappa shape index (κ1) is 16.7. The zero-order valence-corrected chi connectivity index (χ0v) is 13.9. The number of aromatic nitrogens is 2. The van der Waals surface area contributed by atoms with Gasteiger partial charge in [-0.3, -0.25) is 4.79 Å². The molecule has 1 aliphatic heterocycles. The molecular weight excluding hydrogens is 304 g/mol. The van der Waals surface area contributed by atoms with Crippen molar-refractivity contribution in [2.75, 3.05) is 23.9 Å². The van der Waals surface area contributed by atoms with Crippen LogP contribution in [0.2, 0.25) is 0 Å². The fraction of sp³-hybridized carbons (Fsp3) is 0.643. The van der Waals surface area contributed by atoms with E-state index in [1.165, 1.54) is 17.3 Å². The van der Waals surface area contributed by atoms with Gasteiger partial charge in [-0.15, -0.1) is 0 Å². The summed E-state index contributed by atoms with van der Waals surface area (Å²) in [5.41, 5.74) is 0.224. The molecule has 0 bridgehead atoms. The molecule has 0 aromatic carbocycles. The summed E-state index contributed by atoms with van der Waals surface area (Å²) in [4.78, 5) is 22.1. The quantitative estimate of drug-likeness (QED) is 0.866. The van der Waals surface area contributed by atoms with E-state index in [0.717, 1.165) is 6.42 Å². The maximum absolute atomic E-state index is 12.3. The third kappa shape index (κ3) is 3.94. The molecule has 0 aliphatic carbocycles. The summed E-state index contributed by atoms with van der Waals surface area (Å²) in [6, 6.07) is -0.000522. The summed E-state index contributed by atoms with van der Waals surface area (Å²) < 4.78 is 23.0. The predicted molar refractivity (Wildman–Crippen MR) is 84.6 cm³/mol. The summed E-state index contributed by atoms with van der Waals surface area (Å²) in [5, 5.41) is 3.17. The van der Waals surface area contributed by atoms with Gasteiger partial charge in [0.25, 0.3) is 5.91 Å². The number of rotatable bonds is 5. The zero-order chi connectivity index (χ0) is 16.3. The summed E-state index contributed by atoms with van der Waals surface area (Å²) in [5.74, 6) is 0.483. The van der Waals surface area contributed by atoms with E-state index in [0.29, 0.717) is 12.2 Å². The van der Waals surface area contributed by atoms with Crippen LogP contribution in [0.1, 0.15) is 37.2 Å². The first-order valence-corrected chi connectivity index (χ1v) is 9.20. The Hall–Kier alpha value is -1.70. The van der Waals surface area contributed by atoms with Crippen LogP contribution in [0.4, 0.5) is 5.82 Å². The molecule has 1 amide bonds. The second-order valence-electron chi connectivity index (χ2n) is 5.71. The van der Waals surface area contributed by atoms with Gasteiger partial charge in [0.2, 0.25) is 0 Å². The van der Waals surface area contributed by atoms with E-state index in [1.807, 2.05) is 6.92 Å². The molecule has 1 fully saturated rings. The lowest BCUT2D eigenvalue weighted by Gasteiger charge is -2.22. The van der Waals surface area contributed by atoms with Gasteiger partial charge in [0.15, 0.2) is 9.84 Å². The van der Waals surface area contributed by atoms with Crippen molar-refractivity contribution in [2.24, 2.45) is 0 Å². The molecule has 1 aliphatic rings. The van der Waals surface area contributed by atoms with E-state index < -0.39 is 9.84 Å². The third-order valence-electron chi connectivity index (χ3n) is 3.95. The lowest BCUT2D eigenvalue weighted by Crippen LogP contribution is -2.38. The van der Waals surface area contributed by atoms with Crippen molar-refractivity contribution < 1.29 is 13.2 Å². The first-order valence-electron chi connectivity index (χ1n) is 7.38. The Morgan fingerprint density at radius 1 is 1.45 bits per heavy atom. The minimum Gasteiger partial charge on any atom is -0.366 e. The molecule has 2 unspecified atom stereocenters. The number of nitrogens with zero attached hydrogens (tertiary/aromatic N) is 3. The molecule has 8 heteroatoms. The Balaban J connectivity index is 2.03. The molecule has 1 aromatic heterocycles. The van der Waals surface area contributed by atoms with Crippen LogP contribution >= 0.6 is 0 Å². The fourth-order valence-corrected chi connectivity index (χ4v) is 4.07. The SMILES string of the molecule is CCC(C)Nc1cnc(C(=O)N(C)C2CCS(=O)(=O)C2)cn1. The van der Waals surface area contributed by atoms with Gasteiger partial charge in [-0.25, -0.2) is 18.4 Å². The second-order valence-corrected chi connectivity index (χ2v) is 7.94. The molecule has 122 valence electrons. The van der Waals surface area contributed by atoms with Crippen molar-refractivity contribution in [1.82, 2.24) is 14.9 Å². The lowest BCUT2D eigenvalue weighted by atomic mass is 10.2. The zero-order valence-electron chi connectivity index (χ0n) is 13.1. The van der Waals surface area contributed by atoms with Crippen LogP contribution in [-0.4, -0.2) is 59.8 Å². The third-order valence-corrected chi connectivity index (χ3v) is 5.70. The maximum Gasteiger partial charge on any atom is 0.274 e. The number of carbonyl (C=O) groups excluding carboxylic acids is 1. The van der Waals surface area contributed by atoms with E-state index in [2.05, 4.69) is 22.2 Å². The Morgan fingerprint density at radius 3 is 2.68 bits per heavy atom. The number of amides is 1. The van der Waals surface area contributed by atoms with E-state index >= 15 is 0 Å². The Morgan fingerprint density at radius 2 is 2.18 bits per heavy atom. The molecule has 1 aromatic rings. The number of hydrogen-bond donors (Lipinski definition) is 1. The van der Waals surface area contributed by atoms with Gasteiger partial charge >= 0.3 is 0 Å². The van der Waals surface area contributed by atoms with Gasteiger partial charge < -0.3 is 10.2 Å². The molecule has 2 rings (SSSR count). The van der Waals surface area contributed by atoms with Gasteiger partial charge in [0.1, 0.15) is 11.5 Å². The van der Waals surface area contributed by atoms with Crippen LogP contribution in [0.25, 0.3) is 0 Å². The molecule has 2 atom stereocenters. The van der Waals surface area contributed by atoms with Gasteiger partial charge in [0, 0.05) is 19.1 Å². The van der Waals surface area contributed by atoms with Crippen LogP contribution in [0.3, 0.4) is 0 Å². The Bertz CT molecular complexity index is 630. The number of anilines is 1. The molecule has 0 spiro atoms. The van der Waals surface area contributed by atoms with E-state index in [1.54, 1.807) is 7.05 Å². The number of hydrogen-bond acceptors (Lipinski definition) is 6. The Kier molecular flexibility index (Phi) is 5.00. The lowest BCUT2D eigenvalue weighted by molar-refractivity contribution is 0.0741. The molecule has 2 heterocycles. The number of nitrogens with one attached hydrogen (secondary N) is 1.